The zero-order chi connectivity index (χ0) is 27.3. The Bertz CT molecular complexity index is 983. The Kier molecular flexibility index (Phi) is 7.44. The molecule has 10 nitrogen and oxygen atoms in total. The van der Waals surface area contributed by atoms with Crippen LogP contribution in [0.2, 0.25) is 0 Å². The topological polar surface area (TPSA) is 151 Å². The minimum atomic E-state index is -4.18. The molecule has 0 aromatic rings. The third-order valence-electron chi connectivity index (χ3n) is 8.78. The van der Waals surface area contributed by atoms with E-state index in [0.717, 1.165) is 12.8 Å². The molecule has 2 heterocycles. The monoisotopic (exact) mass is 545 g/mol. The Balaban J connectivity index is 1.54. The van der Waals surface area contributed by atoms with Crippen LogP contribution in [0.4, 0.5) is 8.78 Å². The van der Waals surface area contributed by atoms with Gasteiger partial charge in [0.2, 0.25) is 23.6 Å². The molecular weight excluding hydrogens is 512 g/mol. The molecule has 4 fully saturated rings. The summed E-state index contributed by atoms with van der Waals surface area (Å²) >= 11 is 4.91. The Morgan fingerprint density at radius 1 is 1.19 bits per heavy atom. The summed E-state index contributed by atoms with van der Waals surface area (Å²) in [6, 6.07) is -3.33. The highest BCUT2D eigenvalue weighted by molar-refractivity contribution is 6.32. The summed E-state index contributed by atoms with van der Waals surface area (Å²) in [5.74, 6) is -5.02. The molecule has 2 saturated carbocycles. The van der Waals surface area contributed by atoms with Crippen molar-refractivity contribution in [2.24, 2.45) is 34.8 Å². The fourth-order valence-electron chi connectivity index (χ4n) is 6.54. The van der Waals surface area contributed by atoms with Gasteiger partial charge in [-0.25, -0.2) is 0 Å². The second-order valence-electron chi connectivity index (χ2n) is 11.4. The number of hydrogen-bond acceptors (Lipinski definition) is 5. The number of fused-ring (bicyclic) bond motifs is 1. The first kappa shape index (κ1) is 27.5. The highest BCUT2D eigenvalue weighted by Gasteiger charge is 2.69. The van der Waals surface area contributed by atoms with Gasteiger partial charge in [-0.05, 0) is 60.5 Å². The smallest absolute Gasteiger partial charge is 0.368 e. The van der Waals surface area contributed by atoms with Crippen molar-refractivity contribution in [1.29, 1.82) is 0 Å². The number of nitrogens with two attached hydrogens (primary N) is 1. The van der Waals surface area contributed by atoms with Gasteiger partial charge >= 0.3 is 11.3 Å². The van der Waals surface area contributed by atoms with Crippen LogP contribution in [0.3, 0.4) is 0 Å². The molecule has 4 rings (SSSR count). The van der Waals surface area contributed by atoms with Crippen molar-refractivity contribution < 1.29 is 32.8 Å². The van der Waals surface area contributed by atoms with Crippen LogP contribution in [-0.4, -0.2) is 71.0 Å². The average molecular weight is 546 g/mol. The molecule has 0 aromatic carbocycles. The van der Waals surface area contributed by atoms with Gasteiger partial charge in [-0.15, -0.1) is 0 Å². The average Bonchev–Trinajstić information content (AvgIpc) is 3.37. The molecule has 206 valence electrons. The number of carbonyl (C=O) groups is 5. The van der Waals surface area contributed by atoms with Crippen LogP contribution in [0, 0.1) is 29.1 Å². The number of primary amides is 1. The van der Waals surface area contributed by atoms with Crippen molar-refractivity contribution in [1.82, 2.24) is 20.9 Å². The standard InChI is InChI=1S/C24H34ClF2N5O5/c1-23(2)13-10-32(21(36)16(11-5-3-4-6-11)31-22(37)24(25,26)27)17(15(13)23)20(35)30-14(18(28)33)9-12-7-8-29-19(12)34/h11-17H,3-10H2,1-2H3,(H2,28,33)(H,29,34)(H,30,35)(H,31,37)/t12-,13-,14-,15-,16-,17-/m0/s1. The van der Waals surface area contributed by atoms with Gasteiger partial charge in [-0.2, -0.15) is 8.78 Å². The van der Waals surface area contributed by atoms with Crippen LogP contribution in [0.1, 0.15) is 52.4 Å². The van der Waals surface area contributed by atoms with Gasteiger partial charge in [-0.3, -0.25) is 24.0 Å². The van der Waals surface area contributed by atoms with Gasteiger partial charge in [-0.1, -0.05) is 26.7 Å². The molecule has 0 aromatic heterocycles. The van der Waals surface area contributed by atoms with Crippen LogP contribution in [-0.2, 0) is 24.0 Å². The Morgan fingerprint density at radius 3 is 2.38 bits per heavy atom. The maximum Gasteiger partial charge on any atom is 0.399 e. The van der Waals surface area contributed by atoms with E-state index in [4.69, 9.17) is 17.3 Å². The first-order chi connectivity index (χ1) is 17.2. The summed E-state index contributed by atoms with van der Waals surface area (Å²) in [5, 5.41) is 3.28. The number of hydrogen-bond donors (Lipinski definition) is 4. The highest BCUT2D eigenvalue weighted by atomic mass is 35.5. The lowest BCUT2D eigenvalue weighted by Gasteiger charge is -2.35. The number of piperidine rings is 1. The first-order valence-corrected chi connectivity index (χ1v) is 13.2. The van der Waals surface area contributed by atoms with E-state index in [-0.39, 0.29) is 42.0 Å². The predicted molar refractivity (Wildman–Crippen MR) is 128 cm³/mol. The predicted octanol–water partition coefficient (Wildman–Crippen LogP) is 0.472. The normalized spacial score (nSPS) is 30.3. The van der Waals surface area contributed by atoms with Crippen molar-refractivity contribution in [2.75, 3.05) is 13.1 Å². The van der Waals surface area contributed by atoms with Crippen LogP contribution in [0.5, 0.6) is 0 Å². The minimum Gasteiger partial charge on any atom is -0.368 e. The number of halogens is 3. The van der Waals surface area contributed by atoms with Gasteiger partial charge in [0.1, 0.15) is 18.1 Å². The number of nitrogens with one attached hydrogen (secondary N) is 3. The summed E-state index contributed by atoms with van der Waals surface area (Å²) in [5.41, 5.74) is 5.28. The van der Waals surface area contributed by atoms with Crippen LogP contribution in [0.15, 0.2) is 0 Å². The number of alkyl halides is 3. The molecule has 5 amide bonds. The van der Waals surface area contributed by atoms with Crippen molar-refractivity contribution in [3.63, 3.8) is 0 Å². The van der Waals surface area contributed by atoms with Gasteiger partial charge in [0, 0.05) is 19.0 Å². The SMILES string of the molecule is CC1(C)[C@@H]2[C@@H](C(=O)N[C@@H](C[C@@H]3CCNC3=O)C(N)=O)N(C(=O)[C@@H](NC(=O)C(F)(F)Cl)C3CCCC3)C[C@@H]21. The molecule has 0 unspecified atom stereocenters. The summed E-state index contributed by atoms with van der Waals surface area (Å²) in [6.45, 7) is 4.64. The number of likely N-dealkylation sites (tertiary alicyclic amines) is 1. The van der Waals surface area contributed by atoms with E-state index in [2.05, 4.69) is 16.0 Å². The molecule has 5 N–H and O–H groups in total. The van der Waals surface area contributed by atoms with E-state index >= 15 is 0 Å². The summed E-state index contributed by atoms with van der Waals surface area (Å²) < 4.78 is 27.0. The van der Waals surface area contributed by atoms with Gasteiger partial charge in [0.25, 0.3) is 0 Å². The Morgan fingerprint density at radius 2 is 1.84 bits per heavy atom. The third kappa shape index (κ3) is 5.39. The number of rotatable bonds is 9. The second-order valence-corrected chi connectivity index (χ2v) is 11.8. The molecule has 6 atom stereocenters. The molecule has 0 spiro atoms. The van der Waals surface area contributed by atoms with Gasteiger partial charge < -0.3 is 26.6 Å². The van der Waals surface area contributed by atoms with E-state index in [9.17, 15) is 32.8 Å². The molecule has 2 aliphatic carbocycles. The maximum absolute atomic E-state index is 13.7. The summed E-state index contributed by atoms with van der Waals surface area (Å²) in [6.07, 6.45) is 3.27. The zero-order valence-electron chi connectivity index (χ0n) is 20.9. The van der Waals surface area contributed by atoms with Gasteiger partial charge in [0.15, 0.2) is 0 Å². The van der Waals surface area contributed by atoms with Crippen molar-refractivity contribution in [3.8, 4) is 0 Å². The summed E-state index contributed by atoms with van der Waals surface area (Å²) in [4.78, 5) is 64.8. The molecular formula is C24H34ClF2N5O5. The molecule has 4 aliphatic rings. The summed E-state index contributed by atoms with van der Waals surface area (Å²) in [7, 11) is 0. The fraction of sp³-hybridized carbons (Fsp3) is 0.792. The third-order valence-corrected chi connectivity index (χ3v) is 8.96. The number of carbonyl (C=O) groups excluding carboxylic acids is 5. The van der Waals surface area contributed by atoms with E-state index in [0.29, 0.717) is 25.8 Å². The number of amides is 5. The van der Waals surface area contributed by atoms with E-state index in [1.807, 2.05) is 13.8 Å². The molecule has 0 bridgehead atoms. The molecule has 2 aliphatic heterocycles. The second kappa shape index (κ2) is 9.99. The molecule has 13 heteroatoms. The first-order valence-electron chi connectivity index (χ1n) is 12.8. The fourth-order valence-corrected chi connectivity index (χ4v) is 6.60. The Labute approximate surface area is 218 Å². The Hall–Kier alpha value is -2.50. The lowest BCUT2D eigenvalue weighted by Crippen LogP contribution is -2.60. The van der Waals surface area contributed by atoms with E-state index in [1.165, 1.54) is 4.90 Å². The molecule has 37 heavy (non-hydrogen) atoms. The van der Waals surface area contributed by atoms with Crippen LogP contribution < -0.4 is 21.7 Å². The van der Waals surface area contributed by atoms with Crippen molar-refractivity contribution in [2.45, 2.75) is 75.9 Å². The van der Waals surface area contributed by atoms with Crippen molar-refractivity contribution in [3.05, 3.63) is 0 Å². The lowest BCUT2D eigenvalue weighted by molar-refractivity contribution is -0.147. The van der Waals surface area contributed by atoms with Crippen LogP contribution >= 0.6 is 11.6 Å². The lowest BCUT2D eigenvalue weighted by atomic mass is 9.93. The van der Waals surface area contributed by atoms with Crippen LogP contribution in [0.25, 0.3) is 0 Å². The maximum atomic E-state index is 13.7. The van der Waals surface area contributed by atoms with E-state index in [1.54, 1.807) is 0 Å². The number of nitrogens with zero attached hydrogens (tertiary/aromatic N) is 1. The van der Waals surface area contributed by atoms with Crippen molar-refractivity contribution >= 4 is 41.1 Å². The largest absolute Gasteiger partial charge is 0.399 e. The highest BCUT2D eigenvalue weighted by Crippen LogP contribution is 2.65. The van der Waals surface area contributed by atoms with E-state index < -0.39 is 53.1 Å². The zero-order valence-corrected chi connectivity index (χ0v) is 21.7. The molecule has 0 radical (unpaired) electrons. The van der Waals surface area contributed by atoms with Gasteiger partial charge in [0.05, 0.1) is 0 Å². The minimum absolute atomic E-state index is 0.00534. The molecule has 2 saturated heterocycles. The quantitative estimate of drug-likeness (QED) is 0.311.